The molecule has 0 aliphatic rings. The van der Waals surface area contributed by atoms with E-state index in [1.165, 1.54) is 12.1 Å². The van der Waals surface area contributed by atoms with Gasteiger partial charge in [-0.25, -0.2) is 4.39 Å². The molecule has 0 aliphatic carbocycles. The van der Waals surface area contributed by atoms with E-state index in [-0.39, 0.29) is 12.4 Å². The number of methoxy groups -OCH3 is 1. The Morgan fingerprint density at radius 3 is 2.75 bits per heavy atom. The van der Waals surface area contributed by atoms with Gasteiger partial charge in [-0.3, -0.25) is 0 Å². The van der Waals surface area contributed by atoms with Crippen LogP contribution in [0.5, 0.6) is 0 Å². The number of aliphatic hydroxyl groups excluding tert-OH is 1. The minimum atomic E-state index is -0.495. The molecule has 3 nitrogen and oxygen atoms in total. The van der Waals surface area contributed by atoms with E-state index in [1.54, 1.807) is 13.2 Å². The molecule has 0 fully saturated rings. The van der Waals surface area contributed by atoms with Gasteiger partial charge in [-0.1, -0.05) is 6.07 Å². The highest BCUT2D eigenvalue weighted by Crippen LogP contribution is 2.21. The summed E-state index contributed by atoms with van der Waals surface area (Å²) in [4.78, 5) is 0. The molecule has 1 aromatic rings. The zero-order valence-electron chi connectivity index (χ0n) is 9.57. The first kappa shape index (κ1) is 13.1. The summed E-state index contributed by atoms with van der Waals surface area (Å²) < 4.78 is 23.3. The van der Waals surface area contributed by atoms with Crippen LogP contribution >= 0.6 is 0 Å². The molecule has 0 aromatic heterocycles. The molecule has 16 heavy (non-hydrogen) atoms. The number of benzene rings is 1. The van der Waals surface area contributed by atoms with E-state index >= 15 is 0 Å². The van der Waals surface area contributed by atoms with E-state index in [0.29, 0.717) is 18.8 Å². The fourth-order valence-corrected chi connectivity index (χ4v) is 1.47. The van der Waals surface area contributed by atoms with Crippen molar-refractivity contribution < 1.29 is 19.0 Å². The summed E-state index contributed by atoms with van der Waals surface area (Å²) in [6, 6.07) is 4.46. The molecule has 0 bridgehead atoms. The van der Waals surface area contributed by atoms with Gasteiger partial charge in [0, 0.05) is 7.11 Å². The van der Waals surface area contributed by atoms with Crippen molar-refractivity contribution in [2.24, 2.45) is 0 Å². The van der Waals surface area contributed by atoms with E-state index in [1.807, 2.05) is 6.92 Å². The minimum Gasteiger partial charge on any atom is -0.393 e. The molecule has 1 aromatic carbocycles. The maximum atomic E-state index is 13.1. The van der Waals surface area contributed by atoms with Gasteiger partial charge < -0.3 is 14.6 Å². The van der Waals surface area contributed by atoms with Crippen molar-refractivity contribution in [1.29, 1.82) is 0 Å². The normalized spacial score (nSPS) is 12.8. The van der Waals surface area contributed by atoms with Crippen molar-refractivity contribution in [1.82, 2.24) is 0 Å². The van der Waals surface area contributed by atoms with Gasteiger partial charge in [0.05, 0.1) is 19.8 Å². The second kappa shape index (κ2) is 6.58. The molecule has 0 saturated heterocycles. The summed E-state index contributed by atoms with van der Waals surface area (Å²) in [5.74, 6) is -0.325. The maximum Gasteiger partial charge on any atom is 0.123 e. The molecule has 0 unspecified atom stereocenters. The second-order valence-electron chi connectivity index (χ2n) is 3.54. The molecule has 1 rings (SSSR count). The fraction of sp³-hybridized carbons (Fsp3) is 0.500. The molecular formula is C12H17FO3. The van der Waals surface area contributed by atoms with Crippen LogP contribution in [0.2, 0.25) is 0 Å². The highest BCUT2D eigenvalue weighted by atomic mass is 19.1. The van der Waals surface area contributed by atoms with Gasteiger partial charge in [0.25, 0.3) is 0 Å². The lowest BCUT2D eigenvalue weighted by molar-refractivity contribution is -0.0126. The van der Waals surface area contributed by atoms with Crippen LogP contribution in [0.15, 0.2) is 18.2 Å². The predicted octanol–water partition coefficient (Wildman–Crippen LogP) is 1.83. The largest absolute Gasteiger partial charge is 0.393 e. The summed E-state index contributed by atoms with van der Waals surface area (Å²) >= 11 is 0. The Balaban J connectivity index is 2.73. The molecule has 0 amide bonds. The highest BCUT2D eigenvalue weighted by molar-refractivity contribution is 5.28. The van der Waals surface area contributed by atoms with Gasteiger partial charge in [-0.15, -0.1) is 0 Å². The lowest BCUT2D eigenvalue weighted by Crippen LogP contribution is -2.13. The van der Waals surface area contributed by atoms with Crippen molar-refractivity contribution in [2.45, 2.75) is 13.0 Å². The fourth-order valence-electron chi connectivity index (χ4n) is 1.47. The van der Waals surface area contributed by atoms with Crippen LogP contribution in [-0.2, 0) is 9.47 Å². The Labute approximate surface area is 94.8 Å². The summed E-state index contributed by atoms with van der Waals surface area (Å²) in [5.41, 5.74) is 1.58. The second-order valence-corrected chi connectivity index (χ2v) is 3.54. The topological polar surface area (TPSA) is 38.7 Å². The molecule has 0 saturated carbocycles. The lowest BCUT2D eigenvalue weighted by Gasteiger charge is -2.17. The molecule has 0 radical (unpaired) electrons. The lowest BCUT2D eigenvalue weighted by atomic mass is 10.0. The Hall–Kier alpha value is -0.970. The molecule has 0 aliphatic heterocycles. The third-order valence-electron chi connectivity index (χ3n) is 2.36. The maximum absolute atomic E-state index is 13.1. The standard InChI is InChI=1S/C12H17FO3/c1-9-3-4-10(13)7-11(9)12(8-14)16-6-5-15-2/h3-4,7,12,14H,5-6,8H2,1-2H3/t12-/m0/s1. The van der Waals surface area contributed by atoms with Crippen molar-refractivity contribution in [3.63, 3.8) is 0 Å². The van der Waals surface area contributed by atoms with Crippen molar-refractivity contribution in [3.05, 3.63) is 35.1 Å². The van der Waals surface area contributed by atoms with E-state index in [4.69, 9.17) is 9.47 Å². The minimum absolute atomic E-state index is 0.173. The third-order valence-corrected chi connectivity index (χ3v) is 2.36. The van der Waals surface area contributed by atoms with Crippen LogP contribution in [0.3, 0.4) is 0 Å². The predicted molar refractivity (Wildman–Crippen MR) is 58.8 cm³/mol. The number of aliphatic hydroxyl groups is 1. The van der Waals surface area contributed by atoms with Gasteiger partial charge in [0.15, 0.2) is 0 Å². The summed E-state index contributed by atoms with van der Waals surface area (Å²) in [6.45, 7) is 2.51. The van der Waals surface area contributed by atoms with Gasteiger partial charge in [0.2, 0.25) is 0 Å². The molecule has 4 heteroatoms. The third kappa shape index (κ3) is 3.56. The molecule has 0 spiro atoms. The van der Waals surface area contributed by atoms with Crippen molar-refractivity contribution in [3.8, 4) is 0 Å². The van der Waals surface area contributed by atoms with Crippen molar-refractivity contribution in [2.75, 3.05) is 26.9 Å². The first-order valence-electron chi connectivity index (χ1n) is 5.16. The Kier molecular flexibility index (Phi) is 5.38. The summed E-state index contributed by atoms with van der Waals surface area (Å²) in [5, 5.41) is 9.21. The number of halogens is 1. The van der Waals surface area contributed by atoms with Crippen LogP contribution < -0.4 is 0 Å². The van der Waals surface area contributed by atoms with Crippen LogP contribution in [-0.4, -0.2) is 32.0 Å². The van der Waals surface area contributed by atoms with Gasteiger partial charge in [-0.05, 0) is 30.2 Å². The summed E-state index contributed by atoms with van der Waals surface area (Å²) in [6.07, 6.45) is -0.495. The number of hydrogen-bond acceptors (Lipinski definition) is 3. The van der Waals surface area contributed by atoms with E-state index in [9.17, 15) is 9.50 Å². The number of aryl methyl sites for hydroxylation is 1. The first-order chi connectivity index (χ1) is 7.69. The van der Waals surface area contributed by atoms with Gasteiger partial charge >= 0.3 is 0 Å². The number of ether oxygens (including phenoxy) is 2. The van der Waals surface area contributed by atoms with Crippen LogP contribution in [0, 0.1) is 12.7 Å². The van der Waals surface area contributed by atoms with E-state index in [2.05, 4.69) is 0 Å². The SMILES string of the molecule is COCCO[C@@H](CO)c1cc(F)ccc1C. The van der Waals surface area contributed by atoms with E-state index in [0.717, 1.165) is 5.56 Å². The van der Waals surface area contributed by atoms with Crippen LogP contribution in [0.4, 0.5) is 4.39 Å². The first-order valence-corrected chi connectivity index (χ1v) is 5.16. The van der Waals surface area contributed by atoms with Crippen molar-refractivity contribution >= 4 is 0 Å². The molecule has 0 heterocycles. The highest BCUT2D eigenvalue weighted by Gasteiger charge is 2.14. The van der Waals surface area contributed by atoms with Crippen LogP contribution in [0.25, 0.3) is 0 Å². The zero-order valence-corrected chi connectivity index (χ0v) is 9.57. The molecule has 1 atom stereocenters. The summed E-state index contributed by atoms with van der Waals surface area (Å²) in [7, 11) is 1.57. The monoisotopic (exact) mass is 228 g/mol. The van der Waals surface area contributed by atoms with Crippen LogP contribution in [0.1, 0.15) is 17.2 Å². The number of rotatable bonds is 6. The average Bonchev–Trinajstić information content (AvgIpc) is 2.28. The zero-order chi connectivity index (χ0) is 12.0. The molecule has 1 N–H and O–H groups in total. The quantitative estimate of drug-likeness (QED) is 0.755. The number of hydrogen-bond donors (Lipinski definition) is 1. The molecular weight excluding hydrogens is 211 g/mol. The van der Waals surface area contributed by atoms with Gasteiger partial charge in [-0.2, -0.15) is 0 Å². The average molecular weight is 228 g/mol. The Morgan fingerprint density at radius 2 is 2.12 bits per heavy atom. The van der Waals surface area contributed by atoms with Gasteiger partial charge in [0.1, 0.15) is 11.9 Å². The Bertz CT molecular complexity index is 328. The Morgan fingerprint density at radius 1 is 1.38 bits per heavy atom. The molecule has 90 valence electrons. The smallest absolute Gasteiger partial charge is 0.123 e. The van der Waals surface area contributed by atoms with E-state index < -0.39 is 6.10 Å².